The highest BCUT2D eigenvalue weighted by Gasteiger charge is 2.23. The highest BCUT2D eigenvalue weighted by Crippen LogP contribution is 2.28. The minimum Gasteiger partial charge on any atom is -0.458 e. The van der Waals surface area contributed by atoms with E-state index in [1.165, 1.54) is 39.0 Å². The lowest BCUT2D eigenvalue weighted by Crippen LogP contribution is -2.26. The van der Waals surface area contributed by atoms with Crippen molar-refractivity contribution in [3.05, 3.63) is 12.2 Å². The fourth-order valence-electron chi connectivity index (χ4n) is 2.14. The summed E-state index contributed by atoms with van der Waals surface area (Å²) in [5.41, 5.74) is 0. The number of allylic oxidation sites excluding steroid dienone is 1. The summed E-state index contributed by atoms with van der Waals surface area (Å²) >= 11 is 0. The number of carbonyl (C=O) groups is 1. The van der Waals surface area contributed by atoms with Crippen LogP contribution >= 0.6 is 0 Å². The van der Waals surface area contributed by atoms with Crippen molar-refractivity contribution in [2.24, 2.45) is 5.92 Å². The van der Waals surface area contributed by atoms with Gasteiger partial charge >= 0.3 is 5.97 Å². The molecule has 0 aromatic carbocycles. The molecule has 0 bridgehead atoms. The molecule has 0 amide bonds. The summed E-state index contributed by atoms with van der Waals surface area (Å²) < 4.78 is 5.30. The van der Waals surface area contributed by atoms with Crippen molar-refractivity contribution in [1.82, 2.24) is 0 Å². The number of hydrogen-bond donors (Lipinski definition) is 0. The largest absolute Gasteiger partial charge is 0.458 e. The van der Waals surface area contributed by atoms with Crippen LogP contribution in [0, 0.1) is 5.92 Å². The second-order valence-corrected chi connectivity index (χ2v) is 4.00. The highest BCUT2D eigenvalue weighted by molar-refractivity contribution is 5.66. The molecule has 0 aromatic rings. The summed E-state index contributed by atoms with van der Waals surface area (Å²) in [6.45, 7) is 3.46. The Morgan fingerprint density at radius 1 is 1.36 bits per heavy atom. The molecule has 0 saturated heterocycles. The van der Waals surface area contributed by atoms with Crippen LogP contribution in [0.25, 0.3) is 0 Å². The number of ether oxygens (including phenoxy) is 1. The van der Waals surface area contributed by atoms with Gasteiger partial charge in [0, 0.05) is 6.92 Å². The first-order valence-electron chi connectivity index (χ1n) is 5.54. The zero-order chi connectivity index (χ0) is 10.4. The maximum Gasteiger partial charge on any atom is 0.303 e. The summed E-state index contributed by atoms with van der Waals surface area (Å²) in [7, 11) is 0. The molecule has 0 spiro atoms. The molecule has 0 N–H and O–H groups in total. The highest BCUT2D eigenvalue weighted by atomic mass is 16.5. The van der Waals surface area contributed by atoms with Crippen LogP contribution in [0.3, 0.4) is 0 Å². The Morgan fingerprint density at radius 3 is 2.50 bits per heavy atom. The number of esters is 1. The number of hydrogen-bond acceptors (Lipinski definition) is 2. The SMILES string of the molecule is C/C=C/[C@@H](OC(C)=O)C1CCCCC1. The van der Waals surface area contributed by atoms with Crippen LogP contribution in [0.15, 0.2) is 12.2 Å². The maximum absolute atomic E-state index is 10.9. The van der Waals surface area contributed by atoms with Gasteiger partial charge in [-0.2, -0.15) is 0 Å². The molecular weight excluding hydrogens is 176 g/mol. The zero-order valence-electron chi connectivity index (χ0n) is 9.16. The van der Waals surface area contributed by atoms with Gasteiger partial charge in [0.05, 0.1) is 0 Å². The predicted molar refractivity (Wildman–Crippen MR) is 56.9 cm³/mol. The average Bonchev–Trinajstić information content (AvgIpc) is 2.18. The van der Waals surface area contributed by atoms with Gasteiger partial charge in [0.25, 0.3) is 0 Å². The molecule has 0 aromatic heterocycles. The van der Waals surface area contributed by atoms with E-state index in [1.807, 2.05) is 19.1 Å². The minimum atomic E-state index is -0.168. The molecule has 1 rings (SSSR count). The molecular formula is C12H20O2. The van der Waals surface area contributed by atoms with Gasteiger partial charge in [0.15, 0.2) is 0 Å². The lowest BCUT2D eigenvalue weighted by molar-refractivity contribution is -0.146. The van der Waals surface area contributed by atoms with Crippen molar-refractivity contribution in [3.63, 3.8) is 0 Å². The Morgan fingerprint density at radius 2 is 2.00 bits per heavy atom. The molecule has 14 heavy (non-hydrogen) atoms. The van der Waals surface area contributed by atoms with Crippen LogP contribution in [-0.4, -0.2) is 12.1 Å². The zero-order valence-corrected chi connectivity index (χ0v) is 9.16. The van der Waals surface area contributed by atoms with E-state index in [2.05, 4.69) is 0 Å². The topological polar surface area (TPSA) is 26.3 Å². The standard InChI is InChI=1S/C12H20O2/c1-3-7-12(14-10(2)13)11-8-5-4-6-9-11/h3,7,11-12H,4-6,8-9H2,1-2H3/b7-3+/t12-/m1/s1. The van der Waals surface area contributed by atoms with Crippen molar-refractivity contribution in [1.29, 1.82) is 0 Å². The van der Waals surface area contributed by atoms with Crippen molar-refractivity contribution in [3.8, 4) is 0 Å². The third kappa shape index (κ3) is 3.52. The van der Waals surface area contributed by atoms with Crippen LogP contribution in [-0.2, 0) is 9.53 Å². The quantitative estimate of drug-likeness (QED) is 0.512. The van der Waals surface area contributed by atoms with Crippen molar-refractivity contribution >= 4 is 5.97 Å². The van der Waals surface area contributed by atoms with Crippen molar-refractivity contribution < 1.29 is 9.53 Å². The van der Waals surface area contributed by atoms with Gasteiger partial charge in [-0.1, -0.05) is 25.3 Å². The first-order valence-corrected chi connectivity index (χ1v) is 5.54. The summed E-state index contributed by atoms with van der Waals surface area (Å²) in [4.78, 5) is 10.9. The molecule has 2 nitrogen and oxygen atoms in total. The van der Waals surface area contributed by atoms with E-state index in [-0.39, 0.29) is 12.1 Å². The molecule has 0 radical (unpaired) electrons. The molecule has 0 unspecified atom stereocenters. The first kappa shape index (κ1) is 11.3. The summed E-state index contributed by atoms with van der Waals surface area (Å²) in [5.74, 6) is 0.377. The normalized spacial score (nSPS) is 21.0. The van der Waals surface area contributed by atoms with E-state index in [1.54, 1.807) is 0 Å². The third-order valence-corrected chi connectivity index (χ3v) is 2.80. The van der Waals surface area contributed by atoms with Gasteiger partial charge in [-0.05, 0) is 31.8 Å². The molecule has 1 atom stereocenters. The summed E-state index contributed by atoms with van der Waals surface area (Å²) in [5, 5.41) is 0. The van der Waals surface area contributed by atoms with Crippen molar-refractivity contribution in [2.45, 2.75) is 52.1 Å². The molecule has 0 heterocycles. The van der Waals surface area contributed by atoms with E-state index in [9.17, 15) is 4.79 Å². The minimum absolute atomic E-state index is 0.0119. The Balaban J connectivity index is 2.51. The van der Waals surface area contributed by atoms with E-state index >= 15 is 0 Å². The Hall–Kier alpha value is -0.790. The van der Waals surface area contributed by atoms with Crippen LogP contribution in [0.5, 0.6) is 0 Å². The smallest absolute Gasteiger partial charge is 0.303 e. The van der Waals surface area contributed by atoms with Gasteiger partial charge in [-0.3, -0.25) is 4.79 Å². The van der Waals surface area contributed by atoms with Gasteiger partial charge in [-0.25, -0.2) is 0 Å². The first-order chi connectivity index (χ1) is 6.74. The molecule has 80 valence electrons. The Kier molecular flexibility index (Phi) is 4.71. The maximum atomic E-state index is 10.9. The number of rotatable bonds is 3. The van der Waals surface area contributed by atoms with Crippen LogP contribution in [0.4, 0.5) is 0 Å². The van der Waals surface area contributed by atoms with E-state index in [0.717, 1.165) is 0 Å². The molecule has 0 aliphatic heterocycles. The Labute approximate surface area is 86.3 Å². The monoisotopic (exact) mass is 196 g/mol. The lowest BCUT2D eigenvalue weighted by atomic mass is 9.85. The number of carbonyl (C=O) groups excluding carboxylic acids is 1. The average molecular weight is 196 g/mol. The molecule has 1 fully saturated rings. The molecule has 2 heteroatoms. The predicted octanol–water partition coefficient (Wildman–Crippen LogP) is 3.07. The molecule has 1 aliphatic rings. The Bertz CT molecular complexity index is 202. The van der Waals surface area contributed by atoms with Crippen LogP contribution < -0.4 is 0 Å². The van der Waals surface area contributed by atoms with Gasteiger partial charge in [0.1, 0.15) is 6.10 Å². The van der Waals surface area contributed by atoms with E-state index < -0.39 is 0 Å². The van der Waals surface area contributed by atoms with Crippen molar-refractivity contribution in [2.75, 3.05) is 0 Å². The third-order valence-electron chi connectivity index (χ3n) is 2.80. The van der Waals surface area contributed by atoms with Crippen LogP contribution in [0.1, 0.15) is 46.0 Å². The fraction of sp³-hybridized carbons (Fsp3) is 0.750. The second kappa shape index (κ2) is 5.84. The van der Waals surface area contributed by atoms with Gasteiger partial charge in [-0.15, -0.1) is 0 Å². The lowest BCUT2D eigenvalue weighted by Gasteiger charge is -2.27. The second-order valence-electron chi connectivity index (χ2n) is 4.00. The van der Waals surface area contributed by atoms with Crippen LogP contribution in [0.2, 0.25) is 0 Å². The molecule has 1 aliphatic carbocycles. The fourth-order valence-corrected chi connectivity index (χ4v) is 2.14. The summed E-state index contributed by atoms with van der Waals surface area (Å²) in [6.07, 6.45) is 10.3. The summed E-state index contributed by atoms with van der Waals surface area (Å²) in [6, 6.07) is 0. The van der Waals surface area contributed by atoms with E-state index in [4.69, 9.17) is 4.74 Å². The van der Waals surface area contributed by atoms with Gasteiger partial charge in [0.2, 0.25) is 0 Å². The molecule has 1 saturated carbocycles. The van der Waals surface area contributed by atoms with E-state index in [0.29, 0.717) is 5.92 Å². The van der Waals surface area contributed by atoms with Gasteiger partial charge < -0.3 is 4.74 Å².